The number of ether oxygens (including phenoxy) is 1. The zero-order valence-corrected chi connectivity index (χ0v) is 11.4. The molecule has 1 saturated carbocycles. The summed E-state index contributed by atoms with van der Waals surface area (Å²) in [5, 5.41) is 13.0. The summed E-state index contributed by atoms with van der Waals surface area (Å²) in [5.74, 6) is 0.522. The lowest BCUT2D eigenvalue weighted by atomic mass is 9.79. The molecule has 4 heteroatoms. The van der Waals surface area contributed by atoms with Crippen molar-refractivity contribution in [1.29, 1.82) is 0 Å². The van der Waals surface area contributed by atoms with E-state index in [2.05, 4.69) is 12.2 Å². The predicted molar refractivity (Wildman–Crippen MR) is 66.8 cm³/mol. The lowest BCUT2D eigenvalue weighted by molar-refractivity contribution is -0.0157. The van der Waals surface area contributed by atoms with Crippen LogP contribution in [0.1, 0.15) is 53.4 Å². The molecule has 0 aliphatic heterocycles. The molecule has 100 valence electrons. The van der Waals surface area contributed by atoms with Crippen molar-refractivity contribution in [2.24, 2.45) is 5.92 Å². The van der Waals surface area contributed by atoms with E-state index in [1.165, 1.54) is 0 Å². The summed E-state index contributed by atoms with van der Waals surface area (Å²) >= 11 is 0. The number of nitrogens with one attached hydrogen (secondary N) is 1. The third-order valence-electron chi connectivity index (χ3n) is 3.03. The highest BCUT2D eigenvalue weighted by Crippen LogP contribution is 2.31. The van der Waals surface area contributed by atoms with E-state index < -0.39 is 17.3 Å². The first kappa shape index (κ1) is 14.3. The Morgan fingerprint density at radius 2 is 2.18 bits per heavy atom. The Labute approximate surface area is 104 Å². The topological polar surface area (TPSA) is 58.6 Å². The van der Waals surface area contributed by atoms with E-state index in [0.29, 0.717) is 5.92 Å². The number of aliphatic hydroxyl groups is 1. The monoisotopic (exact) mass is 243 g/mol. The second kappa shape index (κ2) is 5.25. The van der Waals surface area contributed by atoms with Crippen LogP contribution in [0.15, 0.2) is 0 Å². The maximum absolute atomic E-state index is 11.5. The molecule has 0 aromatic carbocycles. The van der Waals surface area contributed by atoms with Gasteiger partial charge in [0.25, 0.3) is 0 Å². The molecule has 2 unspecified atom stereocenters. The van der Waals surface area contributed by atoms with Crippen molar-refractivity contribution in [3.8, 4) is 0 Å². The van der Waals surface area contributed by atoms with Crippen LogP contribution in [0.4, 0.5) is 4.79 Å². The number of rotatable bonds is 2. The fourth-order valence-corrected chi connectivity index (χ4v) is 2.34. The largest absolute Gasteiger partial charge is 0.444 e. The molecule has 1 aliphatic carbocycles. The molecule has 0 heterocycles. The van der Waals surface area contributed by atoms with Crippen LogP contribution in [0.2, 0.25) is 0 Å². The second-order valence-corrected chi connectivity index (χ2v) is 6.28. The van der Waals surface area contributed by atoms with Crippen LogP contribution >= 0.6 is 0 Å². The van der Waals surface area contributed by atoms with Gasteiger partial charge in [0.05, 0.1) is 5.60 Å². The van der Waals surface area contributed by atoms with E-state index in [9.17, 15) is 9.90 Å². The molecule has 0 spiro atoms. The number of hydrogen-bond acceptors (Lipinski definition) is 3. The number of amides is 1. The molecule has 1 fully saturated rings. The molecule has 0 aromatic heterocycles. The second-order valence-electron chi connectivity index (χ2n) is 6.28. The average Bonchev–Trinajstić information content (AvgIpc) is 2.12. The van der Waals surface area contributed by atoms with E-state index in [4.69, 9.17) is 4.74 Å². The molecule has 17 heavy (non-hydrogen) atoms. The highest BCUT2D eigenvalue weighted by Gasteiger charge is 2.33. The normalized spacial score (nSPS) is 29.8. The summed E-state index contributed by atoms with van der Waals surface area (Å²) in [6.07, 6.45) is 3.24. The summed E-state index contributed by atoms with van der Waals surface area (Å²) in [6, 6.07) is 0. The standard InChI is InChI=1S/C13H25NO3/c1-10-6-5-7-13(16,8-10)9-14-11(15)17-12(2,3)4/h10,16H,5-9H2,1-4H3,(H,14,15). The van der Waals surface area contributed by atoms with E-state index in [1.807, 2.05) is 20.8 Å². The van der Waals surface area contributed by atoms with Crippen molar-refractivity contribution < 1.29 is 14.6 Å². The number of alkyl carbamates (subject to hydrolysis) is 1. The molecule has 0 saturated heterocycles. The van der Waals surface area contributed by atoms with Gasteiger partial charge in [0.1, 0.15) is 5.60 Å². The third-order valence-corrected chi connectivity index (χ3v) is 3.03. The fraction of sp³-hybridized carbons (Fsp3) is 0.923. The molecule has 0 aromatic rings. The summed E-state index contributed by atoms with van der Waals surface area (Å²) in [7, 11) is 0. The van der Waals surface area contributed by atoms with Crippen molar-refractivity contribution >= 4 is 6.09 Å². The first-order valence-electron chi connectivity index (χ1n) is 6.39. The summed E-state index contributed by atoms with van der Waals surface area (Å²) in [4.78, 5) is 11.5. The molecule has 2 atom stereocenters. The van der Waals surface area contributed by atoms with Crippen LogP contribution in [0.5, 0.6) is 0 Å². The average molecular weight is 243 g/mol. The van der Waals surface area contributed by atoms with Crippen molar-refractivity contribution in [3.63, 3.8) is 0 Å². The van der Waals surface area contributed by atoms with Gasteiger partial charge >= 0.3 is 6.09 Å². The summed E-state index contributed by atoms with van der Waals surface area (Å²) in [6.45, 7) is 7.89. The number of carbonyl (C=O) groups excluding carboxylic acids is 1. The SMILES string of the molecule is CC1CCCC(O)(CNC(=O)OC(C)(C)C)C1. The van der Waals surface area contributed by atoms with Crippen LogP contribution in [-0.4, -0.2) is 28.9 Å². The molecular weight excluding hydrogens is 218 g/mol. The Bertz CT molecular complexity index is 272. The van der Waals surface area contributed by atoms with Gasteiger partial charge in [-0.3, -0.25) is 0 Å². The van der Waals surface area contributed by atoms with Crippen molar-refractivity contribution in [1.82, 2.24) is 5.32 Å². The van der Waals surface area contributed by atoms with Crippen LogP contribution < -0.4 is 5.32 Å². The first-order valence-corrected chi connectivity index (χ1v) is 6.39. The van der Waals surface area contributed by atoms with E-state index in [-0.39, 0.29) is 6.54 Å². The van der Waals surface area contributed by atoms with Gasteiger partial charge in [-0.15, -0.1) is 0 Å². The van der Waals surface area contributed by atoms with Gasteiger partial charge < -0.3 is 15.2 Å². The Morgan fingerprint density at radius 1 is 1.53 bits per heavy atom. The number of hydrogen-bond donors (Lipinski definition) is 2. The van der Waals surface area contributed by atoms with Gasteiger partial charge in [-0.2, -0.15) is 0 Å². The molecule has 1 aliphatic rings. The smallest absolute Gasteiger partial charge is 0.407 e. The quantitative estimate of drug-likeness (QED) is 0.783. The van der Waals surface area contributed by atoms with Crippen LogP contribution in [0.25, 0.3) is 0 Å². The van der Waals surface area contributed by atoms with Gasteiger partial charge in [0, 0.05) is 6.54 Å². The van der Waals surface area contributed by atoms with E-state index in [1.54, 1.807) is 0 Å². The Kier molecular flexibility index (Phi) is 4.42. The Balaban J connectivity index is 2.36. The van der Waals surface area contributed by atoms with E-state index in [0.717, 1.165) is 25.7 Å². The number of carbonyl (C=O) groups is 1. The third kappa shape index (κ3) is 5.39. The molecular formula is C13H25NO3. The van der Waals surface area contributed by atoms with Crippen molar-refractivity contribution in [2.75, 3.05) is 6.54 Å². The zero-order valence-electron chi connectivity index (χ0n) is 11.4. The van der Waals surface area contributed by atoms with Gasteiger partial charge in [-0.1, -0.05) is 19.8 Å². The van der Waals surface area contributed by atoms with Crippen molar-refractivity contribution in [3.05, 3.63) is 0 Å². The van der Waals surface area contributed by atoms with Gasteiger partial charge in [-0.05, 0) is 39.5 Å². The lowest BCUT2D eigenvalue weighted by Crippen LogP contribution is -2.46. The minimum Gasteiger partial charge on any atom is -0.444 e. The molecule has 0 bridgehead atoms. The van der Waals surface area contributed by atoms with Gasteiger partial charge in [-0.25, -0.2) is 4.79 Å². The van der Waals surface area contributed by atoms with Crippen LogP contribution in [0, 0.1) is 5.92 Å². The maximum atomic E-state index is 11.5. The Morgan fingerprint density at radius 3 is 2.71 bits per heavy atom. The molecule has 1 rings (SSSR count). The summed E-state index contributed by atoms with van der Waals surface area (Å²) in [5.41, 5.74) is -1.25. The van der Waals surface area contributed by atoms with E-state index >= 15 is 0 Å². The maximum Gasteiger partial charge on any atom is 0.407 e. The van der Waals surface area contributed by atoms with Crippen LogP contribution in [0.3, 0.4) is 0 Å². The molecule has 0 radical (unpaired) electrons. The highest BCUT2D eigenvalue weighted by atomic mass is 16.6. The first-order chi connectivity index (χ1) is 7.70. The highest BCUT2D eigenvalue weighted by molar-refractivity contribution is 5.67. The van der Waals surface area contributed by atoms with Crippen LogP contribution in [-0.2, 0) is 4.74 Å². The van der Waals surface area contributed by atoms with Gasteiger partial charge in [0.15, 0.2) is 0 Å². The zero-order chi connectivity index (χ0) is 13.1. The molecule has 4 nitrogen and oxygen atoms in total. The van der Waals surface area contributed by atoms with Crippen molar-refractivity contribution in [2.45, 2.75) is 64.6 Å². The minimum atomic E-state index is -0.755. The minimum absolute atomic E-state index is 0.284. The molecule has 1 amide bonds. The summed E-state index contributed by atoms with van der Waals surface area (Å²) < 4.78 is 5.14. The predicted octanol–water partition coefficient (Wildman–Crippen LogP) is 2.45. The Hall–Kier alpha value is -0.770. The molecule has 2 N–H and O–H groups in total. The van der Waals surface area contributed by atoms with Gasteiger partial charge in [0.2, 0.25) is 0 Å². The fourth-order valence-electron chi connectivity index (χ4n) is 2.34. The lowest BCUT2D eigenvalue weighted by Gasteiger charge is -2.35.